The Morgan fingerprint density at radius 1 is 0.727 bits per heavy atom. The van der Waals surface area contributed by atoms with Crippen LogP contribution in [0.25, 0.3) is 0 Å². The number of aliphatic hydroxyl groups is 3. The van der Waals surface area contributed by atoms with Crippen LogP contribution in [0.4, 0.5) is 0 Å². The van der Waals surface area contributed by atoms with E-state index < -0.39 is 0 Å². The Kier molecular flexibility index (Phi) is 13.0. The van der Waals surface area contributed by atoms with Gasteiger partial charge in [-0.05, 0) is 0 Å². The molecule has 0 aliphatic carbocycles. The molecule has 4 N–H and O–H groups in total. The zero-order chi connectivity index (χ0) is 7.82. The third kappa shape index (κ3) is 8.22. The summed E-state index contributed by atoms with van der Waals surface area (Å²) >= 11 is 0. The van der Waals surface area contributed by atoms with E-state index in [0.29, 0.717) is 19.6 Å². The number of hydrogen-bond acceptors (Lipinski definition) is 3. The van der Waals surface area contributed by atoms with Gasteiger partial charge in [-0.3, -0.25) is 0 Å². The Morgan fingerprint density at radius 3 is 1.18 bits per heavy atom. The first-order valence-corrected chi connectivity index (χ1v) is 3.51. The molecule has 0 fully saturated rings. The fraction of sp³-hybridized carbons (Fsp3) is 1.00. The molecular formula is C6H16BrNO3. The topological polar surface area (TPSA) is 65.1 Å². The van der Waals surface area contributed by atoms with E-state index in [2.05, 4.69) is 0 Å². The molecule has 70 valence electrons. The van der Waals surface area contributed by atoms with Crippen LogP contribution < -0.4 is 21.9 Å². The predicted octanol–water partition coefficient (Wildman–Crippen LogP) is -6.15. The van der Waals surface area contributed by atoms with Gasteiger partial charge in [0.1, 0.15) is 19.6 Å². The third-order valence-corrected chi connectivity index (χ3v) is 1.40. The average Bonchev–Trinajstić information content (AvgIpc) is 1.90. The molecule has 0 bridgehead atoms. The smallest absolute Gasteiger partial charge is 0.101 e. The molecule has 4 nitrogen and oxygen atoms in total. The number of aliphatic hydroxyl groups excluding tert-OH is 3. The molecule has 0 saturated carbocycles. The van der Waals surface area contributed by atoms with Gasteiger partial charge in [-0.1, -0.05) is 0 Å². The molecule has 0 spiro atoms. The number of nitrogens with one attached hydrogen (secondary N) is 1. The Balaban J connectivity index is 0. The van der Waals surface area contributed by atoms with E-state index in [0.717, 1.165) is 4.90 Å². The van der Waals surface area contributed by atoms with Crippen LogP contribution in [0.3, 0.4) is 0 Å². The van der Waals surface area contributed by atoms with Gasteiger partial charge in [0.15, 0.2) is 0 Å². The van der Waals surface area contributed by atoms with Crippen molar-refractivity contribution in [2.75, 3.05) is 39.5 Å². The van der Waals surface area contributed by atoms with E-state index >= 15 is 0 Å². The molecule has 5 heteroatoms. The van der Waals surface area contributed by atoms with Crippen LogP contribution in [0, 0.1) is 0 Å². The SMILES string of the molecule is OCC[NH+](CCO)CCO.[Br-]. The molecule has 0 aliphatic rings. The van der Waals surface area contributed by atoms with Gasteiger partial charge in [0.05, 0.1) is 19.8 Å². The van der Waals surface area contributed by atoms with Crippen LogP contribution in [0.5, 0.6) is 0 Å². The van der Waals surface area contributed by atoms with Crippen LogP contribution in [0.1, 0.15) is 0 Å². The summed E-state index contributed by atoms with van der Waals surface area (Å²) in [6, 6.07) is 0. The average molecular weight is 230 g/mol. The summed E-state index contributed by atoms with van der Waals surface area (Å²) in [4.78, 5) is 1.03. The van der Waals surface area contributed by atoms with Crippen molar-refractivity contribution in [1.29, 1.82) is 0 Å². The molecule has 0 heterocycles. The van der Waals surface area contributed by atoms with Gasteiger partial charge in [-0.15, -0.1) is 0 Å². The highest BCUT2D eigenvalue weighted by Gasteiger charge is 2.03. The summed E-state index contributed by atoms with van der Waals surface area (Å²) in [5.74, 6) is 0. The zero-order valence-electron chi connectivity index (χ0n) is 6.46. The van der Waals surface area contributed by atoms with Gasteiger partial charge in [-0.25, -0.2) is 0 Å². The van der Waals surface area contributed by atoms with Crippen molar-refractivity contribution in [1.82, 2.24) is 0 Å². The fourth-order valence-electron chi connectivity index (χ4n) is 0.849. The minimum absolute atomic E-state index is 0. The fourth-order valence-corrected chi connectivity index (χ4v) is 0.849. The first-order chi connectivity index (χ1) is 4.85. The molecule has 0 saturated heterocycles. The van der Waals surface area contributed by atoms with E-state index in [9.17, 15) is 0 Å². The lowest BCUT2D eigenvalue weighted by atomic mass is 10.4. The van der Waals surface area contributed by atoms with Crippen molar-refractivity contribution >= 4 is 0 Å². The molecule has 0 unspecified atom stereocenters. The van der Waals surface area contributed by atoms with E-state index in [4.69, 9.17) is 15.3 Å². The van der Waals surface area contributed by atoms with E-state index in [1.54, 1.807) is 0 Å². The summed E-state index contributed by atoms with van der Waals surface area (Å²) in [6.07, 6.45) is 0. The first-order valence-electron chi connectivity index (χ1n) is 3.51. The lowest BCUT2D eigenvalue weighted by Crippen LogP contribution is -3.13. The van der Waals surface area contributed by atoms with Gasteiger partial charge in [0, 0.05) is 0 Å². The van der Waals surface area contributed by atoms with Crippen molar-refractivity contribution in [2.45, 2.75) is 0 Å². The highest BCUT2D eigenvalue weighted by molar-refractivity contribution is 4.28. The van der Waals surface area contributed by atoms with Crippen LogP contribution in [-0.2, 0) is 0 Å². The second kappa shape index (κ2) is 10.3. The van der Waals surface area contributed by atoms with Gasteiger partial charge in [-0.2, -0.15) is 0 Å². The first kappa shape index (κ1) is 13.9. The maximum atomic E-state index is 8.51. The quantitative estimate of drug-likeness (QED) is 0.367. The second-order valence-corrected chi connectivity index (χ2v) is 2.17. The monoisotopic (exact) mass is 229 g/mol. The van der Waals surface area contributed by atoms with Crippen molar-refractivity contribution in [3.05, 3.63) is 0 Å². The van der Waals surface area contributed by atoms with Gasteiger partial charge < -0.3 is 37.2 Å². The summed E-state index contributed by atoms with van der Waals surface area (Å²) < 4.78 is 0. The maximum absolute atomic E-state index is 8.51. The van der Waals surface area contributed by atoms with Gasteiger partial charge in [0.25, 0.3) is 0 Å². The second-order valence-electron chi connectivity index (χ2n) is 2.17. The Labute approximate surface area is 77.2 Å². The Morgan fingerprint density at radius 2 is 1.00 bits per heavy atom. The lowest BCUT2D eigenvalue weighted by Gasteiger charge is -2.15. The maximum Gasteiger partial charge on any atom is 0.101 e. The predicted molar refractivity (Wildman–Crippen MR) is 36.8 cm³/mol. The molecule has 0 aromatic rings. The van der Waals surface area contributed by atoms with E-state index in [1.807, 2.05) is 0 Å². The third-order valence-electron chi connectivity index (χ3n) is 1.40. The van der Waals surface area contributed by atoms with Crippen LogP contribution in [0.2, 0.25) is 0 Å². The lowest BCUT2D eigenvalue weighted by molar-refractivity contribution is -0.901. The van der Waals surface area contributed by atoms with Gasteiger partial charge in [0.2, 0.25) is 0 Å². The van der Waals surface area contributed by atoms with Crippen molar-refractivity contribution < 1.29 is 37.2 Å². The molecule has 0 amide bonds. The number of rotatable bonds is 6. The van der Waals surface area contributed by atoms with Crippen molar-refractivity contribution in [2.24, 2.45) is 0 Å². The molecule has 0 atom stereocenters. The van der Waals surface area contributed by atoms with E-state index in [1.165, 1.54) is 0 Å². The Hall–Kier alpha value is 0.320. The van der Waals surface area contributed by atoms with Crippen LogP contribution in [-0.4, -0.2) is 54.8 Å². The molecule has 0 aromatic carbocycles. The van der Waals surface area contributed by atoms with Crippen molar-refractivity contribution in [3.8, 4) is 0 Å². The summed E-state index contributed by atoms with van der Waals surface area (Å²) in [5.41, 5.74) is 0. The summed E-state index contributed by atoms with van der Waals surface area (Å²) in [7, 11) is 0. The molecular weight excluding hydrogens is 214 g/mol. The largest absolute Gasteiger partial charge is 1.00 e. The number of halogens is 1. The minimum atomic E-state index is 0. The number of quaternary nitrogens is 1. The molecule has 0 aromatic heterocycles. The molecule has 0 radical (unpaired) electrons. The number of hydrogen-bond donors (Lipinski definition) is 4. The van der Waals surface area contributed by atoms with E-state index in [-0.39, 0.29) is 36.8 Å². The van der Waals surface area contributed by atoms with Crippen molar-refractivity contribution in [3.63, 3.8) is 0 Å². The minimum Gasteiger partial charge on any atom is -1.00 e. The molecule has 11 heavy (non-hydrogen) atoms. The zero-order valence-corrected chi connectivity index (χ0v) is 8.05. The summed E-state index contributed by atoms with van der Waals surface area (Å²) in [6.45, 7) is 2.11. The summed E-state index contributed by atoms with van der Waals surface area (Å²) in [5, 5.41) is 25.5. The normalized spacial score (nSPS) is 9.82. The Bertz CT molecular complexity index is 60.6. The highest BCUT2D eigenvalue weighted by Crippen LogP contribution is 1.52. The van der Waals surface area contributed by atoms with Crippen LogP contribution >= 0.6 is 0 Å². The molecule has 0 aliphatic heterocycles. The van der Waals surface area contributed by atoms with Crippen LogP contribution in [0.15, 0.2) is 0 Å². The standard InChI is InChI=1S/C6H15NO3.BrH/c8-4-1-7(2-5-9)3-6-10;/h8-10H,1-6H2;1H. The highest BCUT2D eigenvalue weighted by atomic mass is 79.9. The molecule has 0 rings (SSSR count). The van der Waals surface area contributed by atoms with Gasteiger partial charge >= 0.3 is 0 Å².